The van der Waals surface area contributed by atoms with E-state index in [1.54, 1.807) is 14.2 Å². The van der Waals surface area contributed by atoms with Crippen LogP contribution in [0, 0.1) is 0 Å². The molecule has 0 saturated carbocycles. The van der Waals surface area contributed by atoms with Crippen molar-refractivity contribution < 1.29 is 9.47 Å². The Balaban J connectivity index is 0.725. The molecule has 3 aliphatic carbocycles. The zero-order chi connectivity index (χ0) is 61.0. The van der Waals surface area contributed by atoms with Crippen molar-refractivity contribution in [3.05, 3.63) is 262 Å². The van der Waals surface area contributed by atoms with Crippen LogP contribution in [0.2, 0.25) is 39.3 Å². The molecule has 0 aliphatic heterocycles. The monoisotopic (exact) mass is 1170 g/mol. The fraction of sp³-hybridized carbons (Fsp3) is 0.210. The van der Waals surface area contributed by atoms with E-state index >= 15 is 0 Å². The summed E-state index contributed by atoms with van der Waals surface area (Å²) in [5.41, 5.74) is 27.0. The Hall–Kier alpha value is -8.69. The topological polar surface area (TPSA) is 24.9 Å². The van der Waals surface area contributed by atoms with Gasteiger partial charge in [-0.25, -0.2) is 0 Å². The lowest BCUT2D eigenvalue weighted by Gasteiger charge is -2.29. The van der Waals surface area contributed by atoms with E-state index in [0.717, 1.165) is 45.6 Å². The molecular weight excluding hydrogens is 1090 g/mol. The molecule has 87 heavy (non-hydrogen) atoms. The molecule has 13 rings (SSSR count). The van der Waals surface area contributed by atoms with Gasteiger partial charge < -0.3 is 19.3 Å². The second kappa shape index (κ2) is 21.3. The van der Waals surface area contributed by atoms with Gasteiger partial charge in [-0.2, -0.15) is 0 Å². The first-order valence-corrected chi connectivity index (χ1v) is 37.9. The van der Waals surface area contributed by atoms with E-state index in [9.17, 15) is 0 Å². The Bertz CT molecular complexity index is 4100. The number of nitrogens with zero attached hydrogens (tertiary/aromatic N) is 2. The average Bonchev–Trinajstić information content (AvgIpc) is 1.63. The molecule has 0 radical (unpaired) electrons. The Morgan fingerprint density at radius 1 is 0.276 bits per heavy atom. The van der Waals surface area contributed by atoms with Crippen molar-refractivity contribution in [2.45, 2.75) is 97.1 Å². The lowest BCUT2D eigenvalue weighted by molar-refractivity contribution is 0.414. The Morgan fingerprint density at radius 3 is 0.736 bits per heavy atom. The van der Waals surface area contributed by atoms with Crippen LogP contribution in [0.15, 0.2) is 206 Å². The van der Waals surface area contributed by atoms with Gasteiger partial charge in [-0.3, -0.25) is 0 Å². The highest BCUT2D eigenvalue weighted by Crippen LogP contribution is 2.54. The predicted octanol–water partition coefficient (Wildman–Crippen LogP) is 21.0. The van der Waals surface area contributed by atoms with Gasteiger partial charge in [-0.05, 0) is 186 Å². The quantitative estimate of drug-likeness (QED) is 0.0800. The minimum Gasteiger partial charge on any atom is -0.497 e. The molecule has 3 aliphatic rings. The van der Waals surface area contributed by atoms with Crippen molar-refractivity contribution in [1.29, 1.82) is 0 Å². The van der Waals surface area contributed by atoms with Crippen LogP contribution in [-0.2, 0) is 16.2 Å². The van der Waals surface area contributed by atoms with Gasteiger partial charge in [-0.15, -0.1) is 0 Å². The van der Waals surface area contributed by atoms with E-state index < -0.39 is 16.1 Å². The average molecular weight is 1170 g/mol. The van der Waals surface area contributed by atoms with Gasteiger partial charge in [0, 0.05) is 50.4 Å². The van der Waals surface area contributed by atoms with Gasteiger partial charge in [0.15, 0.2) is 0 Å². The molecule has 4 nitrogen and oxygen atoms in total. The maximum Gasteiger partial charge on any atom is 0.119 e. The van der Waals surface area contributed by atoms with E-state index in [2.05, 4.69) is 321 Å². The zero-order valence-corrected chi connectivity index (χ0v) is 55.2. The Morgan fingerprint density at radius 2 is 0.494 bits per heavy atom. The Kier molecular flexibility index (Phi) is 14.1. The molecule has 434 valence electrons. The van der Waals surface area contributed by atoms with Crippen molar-refractivity contribution in [2.75, 3.05) is 24.0 Å². The summed E-state index contributed by atoms with van der Waals surface area (Å²) in [6.45, 7) is 28.7. The Labute approximate surface area is 519 Å². The van der Waals surface area contributed by atoms with E-state index in [-0.39, 0.29) is 16.2 Å². The number of methoxy groups -OCH3 is 2. The van der Waals surface area contributed by atoms with Gasteiger partial charge in [-0.1, -0.05) is 225 Å². The third-order valence-corrected chi connectivity index (χ3v) is 23.3. The summed E-state index contributed by atoms with van der Waals surface area (Å²) in [5, 5.41) is 2.90. The molecule has 0 aromatic heterocycles. The molecule has 0 fully saturated rings. The van der Waals surface area contributed by atoms with Crippen LogP contribution in [-0.4, -0.2) is 30.4 Å². The number of hydrogen-bond donors (Lipinski definition) is 0. The summed E-state index contributed by atoms with van der Waals surface area (Å²) < 4.78 is 11.1. The number of benzene rings is 10. The van der Waals surface area contributed by atoms with E-state index in [4.69, 9.17) is 9.47 Å². The molecule has 0 atom stereocenters. The van der Waals surface area contributed by atoms with Crippen LogP contribution in [0.4, 0.5) is 34.1 Å². The molecule has 0 heterocycles. The number of hydrogen-bond acceptors (Lipinski definition) is 4. The molecule has 10 aromatic carbocycles. The van der Waals surface area contributed by atoms with E-state index in [0.29, 0.717) is 0 Å². The fourth-order valence-corrected chi connectivity index (χ4v) is 16.2. The standard InChI is InChI=1S/C81H80N2O2Si2/c1-79(2)73-47-53(15-17-55-21-43-69-71-45-31-61(51-77(71)80(3,4)75(69)49-55)82(57-23-33-63(84-7)34-24-57)59-27-37-65(38-28-59)86(9,10)11)19-41-67(73)68-42-20-54(48-74(68)79)16-18-56-22-44-70-72-46-32-62(52-78(72)81(5,6)76(70)50-56)83(58-25-35-64(85-8)36-26-58)60-29-39-66(40-30-60)87(12,13)14/h15-52H,1-14H3/b17-15+,18-16+. The summed E-state index contributed by atoms with van der Waals surface area (Å²) in [5.74, 6) is 1.69. The van der Waals surface area contributed by atoms with Crippen LogP contribution in [0.1, 0.15) is 97.2 Å². The van der Waals surface area contributed by atoms with Gasteiger partial charge in [0.05, 0.1) is 30.4 Å². The lowest BCUT2D eigenvalue weighted by atomic mass is 9.81. The van der Waals surface area contributed by atoms with Crippen molar-refractivity contribution in [2.24, 2.45) is 0 Å². The first-order valence-electron chi connectivity index (χ1n) is 30.9. The largest absolute Gasteiger partial charge is 0.497 e. The van der Waals surface area contributed by atoms with Crippen LogP contribution in [0.3, 0.4) is 0 Å². The zero-order valence-electron chi connectivity index (χ0n) is 53.2. The highest BCUT2D eigenvalue weighted by molar-refractivity contribution is 6.89. The summed E-state index contributed by atoms with van der Waals surface area (Å²) in [7, 11) is 0.511. The number of ether oxygens (including phenoxy) is 2. The highest BCUT2D eigenvalue weighted by Gasteiger charge is 2.39. The van der Waals surface area contributed by atoms with Crippen molar-refractivity contribution in [3.8, 4) is 44.9 Å². The van der Waals surface area contributed by atoms with Crippen molar-refractivity contribution in [3.63, 3.8) is 0 Å². The van der Waals surface area contributed by atoms with Crippen LogP contribution in [0.25, 0.3) is 57.7 Å². The van der Waals surface area contributed by atoms with E-state index in [1.165, 1.54) is 99.4 Å². The molecule has 0 N–H and O–H groups in total. The minimum atomic E-state index is -1.47. The van der Waals surface area contributed by atoms with Crippen molar-refractivity contribution in [1.82, 2.24) is 0 Å². The molecule has 10 aromatic rings. The lowest BCUT2D eigenvalue weighted by Crippen LogP contribution is -2.37. The smallest absolute Gasteiger partial charge is 0.119 e. The maximum atomic E-state index is 5.57. The first kappa shape index (κ1) is 57.4. The third kappa shape index (κ3) is 10.2. The minimum absolute atomic E-state index is 0.163. The van der Waals surface area contributed by atoms with Crippen LogP contribution >= 0.6 is 0 Å². The van der Waals surface area contributed by atoms with Gasteiger partial charge in [0.2, 0.25) is 0 Å². The maximum absolute atomic E-state index is 5.57. The fourth-order valence-electron chi connectivity index (χ4n) is 13.9. The molecular formula is C81H80N2O2Si2. The first-order chi connectivity index (χ1) is 41.5. The predicted molar refractivity (Wildman–Crippen MR) is 378 cm³/mol. The molecule has 0 spiro atoms. The molecule has 0 unspecified atom stereocenters. The molecule has 0 saturated heterocycles. The highest BCUT2D eigenvalue weighted by atomic mass is 28.3. The summed E-state index contributed by atoms with van der Waals surface area (Å²) in [6.07, 6.45) is 9.18. The molecule has 0 bridgehead atoms. The van der Waals surface area contributed by atoms with Gasteiger partial charge in [0.25, 0.3) is 0 Å². The normalized spacial score (nSPS) is 14.7. The molecule has 6 heteroatoms. The van der Waals surface area contributed by atoms with Crippen molar-refractivity contribution >= 4 is 84.9 Å². The SMILES string of the molecule is COc1ccc(N(c2ccc([Si](C)(C)C)cc2)c2ccc3c(c2)C(C)(C)c2cc(/C=C/c4ccc5c(c4)C(C)(C)c4cc(/C=C/c6ccc7c(c6)C(C)(C)c6cc(N(c8ccc(OC)cc8)c8ccc([Si](C)(C)C)cc8)ccc6-7)ccc4-5)ccc2-3)cc1. The summed E-state index contributed by atoms with van der Waals surface area (Å²) in [4.78, 5) is 4.76. The van der Waals surface area contributed by atoms with Crippen LogP contribution in [0.5, 0.6) is 11.5 Å². The summed E-state index contributed by atoms with van der Waals surface area (Å²) in [6, 6.07) is 77.5. The summed E-state index contributed by atoms with van der Waals surface area (Å²) >= 11 is 0. The third-order valence-electron chi connectivity index (χ3n) is 19.2. The van der Waals surface area contributed by atoms with Gasteiger partial charge >= 0.3 is 0 Å². The molecule has 0 amide bonds. The van der Waals surface area contributed by atoms with Crippen LogP contribution < -0.4 is 29.6 Å². The van der Waals surface area contributed by atoms with Gasteiger partial charge in [0.1, 0.15) is 11.5 Å². The second-order valence-electron chi connectivity index (χ2n) is 27.9. The number of fused-ring (bicyclic) bond motifs is 9. The number of anilines is 6. The second-order valence-corrected chi connectivity index (χ2v) is 38.0. The number of rotatable bonds is 14. The van der Waals surface area contributed by atoms with E-state index in [1.807, 2.05) is 0 Å².